The Morgan fingerprint density at radius 2 is 1.82 bits per heavy atom. The molecule has 4 fully saturated rings. The summed E-state index contributed by atoms with van der Waals surface area (Å²) in [5.74, 6) is 0.516. The first-order valence-corrected chi connectivity index (χ1v) is 11.0. The van der Waals surface area contributed by atoms with Crippen LogP contribution >= 0.6 is 0 Å². The van der Waals surface area contributed by atoms with Gasteiger partial charge in [0.25, 0.3) is 0 Å². The SMILES string of the molecule is C[C@]12CC[C@H](O)C[C@H]1CC[C@@H]1[C@@H]2C[C@@H](O)[C@]2(C)[C@@H](c3coc([O-])c3)CC[C@]12O. The molecule has 5 nitrogen and oxygen atoms in total. The third-order valence-electron chi connectivity index (χ3n) is 9.92. The lowest BCUT2D eigenvalue weighted by molar-refractivity contribution is -0.293. The van der Waals surface area contributed by atoms with Crippen molar-refractivity contribution in [3.8, 4) is 5.95 Å². The molecule has 0 saturated heterocycles. The third-order valence-corrected chi connectivity index (χ3v) is 9.92. The van der Waals surface area contributed by atoms with E-state index in [9.17, 15) is 20.4 Å². The summed E-state index contributed by atoms with van der Waals surface area (Å²) in [6.45, 7) is 4.37. The molecule has 0 spiro atoms. The second-order valence-electron chi connectivity index (χ2n) is 10.7. The Morgan fingerprint density at radius 1 is 1.04 bits per heavy atom. The first-order valence-electron chi connectivity index (χ1n) is 11.0. The Balaban J connectivity index is 1.53. The summed E-state index contributed by atoms with van der Waals surface area (Å²) < 4.78 is 5.03. The minimum Gasteiger partial charge on any atom is -0.587 e. The van der Waals surface area contributed by atoms with Gasteiger partial charge in [-0.2, -0.15) is 0 Å². The normalized spacial score (nSPS) is 53.3. The van der Waals surface area contributed by atoms with Crippen LogP contribution in [0.4, 0.5) is 0 Å². The van der Waals surface area contributed by atoms with E-state index in [1.54, 1.807) is 0 Å². The Labute approximate surface area is 166 Å². The van der Waals surface area contributed by atoms with E-state index in [1.807, 2.05) is 6.92 Å². The molecule has 0 bridgehead atoms. The van der Waals surface area contributed by atoms with Gasteiger partial charge in [-0.1, -0.05) is 13.8 Å². The molecular formula is C23H33O5-. The van der Waals surface area contributed by atoms with E-state index >= 15 is 0 Å². The van der Waals surface area contributed by atoms with Crippen LogP contribution in [0, 0.1) is 28.6 Å². The van der Waals surface area contributed by atoms with Gasteiger partial charge in [-0.15, -0.1) is 0 Å². The first-order chi connectivity index (χ1) is 13.2. The van der Waals surface area contributed by atoms with Gasteiger partial charge in [-0.25, -0.2) is 0 Å². The van der Waals surface area contributed by atoms with Gasteiger partial charge >= 0.3 is 0 Å². The molecule has 0 aromatic carbocycles. The fourth-order valence-electron chi connectivity index (χ4n) is 8.23. The minimum absolute atomic E-state index is 0.0568. The fraction of sp³-hybridized carbons (Fsp3) is 0.826. The molecule has 0 radical (unpaired) electrons. The maximum absolute atomic E-state index is 12.1. The van der Waals surface area contributed by atoms with Crippen LogP contribution in [0.2, 0.25) is 0 Å². The van der Waals surface area contributed by atoms with Crippen molar-refractivity contribution in [2.45, 2.75) is 88.9 Å². The van der Waals surface area contributed by atoms with Crippen molar-refractivity contribution >= 4 is 0 Å². The van der Waals surface area contributed by atoms with Gasteiger partial charge in [0.05, 0.1) is 23.8 Å². The van der Waals surface area contributed by atoms with Crippen molar-refractivity contribution in [3.05, 3.63) is 17.9 Å². The molecule has 1 heterocycles. The maximum Gasteiger partial charge on any atom is 0.0762 e. The molecule has 4 aliphatic rings. The van der Waals surface area contributed by atoms with Crippen LogP contribution in [-0.4, -0.2) is 33.1 Å². The van der Waals surface area contributed by atoms with Crippen LogP contribution in [-0.2, 0) is 0 Å². The fourth-order valence-corrected chi connectivity index (χ4v) is 8.23. The van der Waals surface area contributed by atoms with Crippen LogP contribution in [0.1, 0.15) is 76.7 Å². The van der Waals surface area contributed by atoms with E-state index in [0.29, 0.717) is 18.8 Å². The number of furan rings is 1. The van der Waals surface area contributed by atoms with Crippen LogP contribution in [0.25, 0.3) is 0 Å². The molecule has 156 valence electrons. The topological polar surface area (TPSA) is 96.9 Å². The molecule has 1 aromatic heterocycles. The van der Waals surface area contributed by atoms with E-state index in [0.717, 1.165) is 44.1 Å². The average Bonchev–Trinajstić information content (AvgIpc) is 3.19. The number of hydrogen-bond acceptors (Lipinski definition) is 5. The highest BCUT2D eigenvalue weighted by Crippen LogP contribution is 2.70. The quantitative estimate of drug-likeness (QED) is 0.686. The Bertz CT molecular complexity index is 760. The highest BCUT2D eigenvalue weighted by molar-refractivity contribution is 5.31. The Kier molecular flexibility index (Phi) is 4.06. The van der Waals surface area contributed by atoms with E-state index in [1.165, 1.54) is 12.3 Å². The zero-order chi connectivity index (χ0) is 19.9. The lowest BCUT2D eigenvalue weighted by Crippen LogP contribution is -2.66. The van der Waals surface area contributed by atoms with Crippen molar-refractivity contribution < 1.29 is 24.8 Å². The molecular weight excluding hydrogens is 356 g/mol. The Morgan fingerprint density at radius 3 is 2.54 bits per heavy atom. The second-order valence-corrected chi connectivity index (χ2v) is 10.7. The summed E-state index contributed by atoms with van der Waals surface area (Å²) in [5, 5.41) is 45.3. The van der Waals surface area contributed by atoms with Gasteiger partial charge < -0.3 is 24.8 Å². The molecule has 3 N–H and O–H groups in total. The van der Waals surface area contributed by atoms with E-state index in [-0.39, 0.29) is 35.2 Å². The average molecular weight is 390 g/mol. The lowest BCUT2D eigenvalue weighted by atomic mass is 9.42. The van der Waals surface area contributed by atoms with Crippen molar-refractivity contribution in [1.29, 1.82) is 0 Å². The predicted molar refractivity (Wildman–Crippen MR) is 101 cm³/mol. The van der Waals surface area contributed by atoms with Gasteiger partial charge in [0.2, 0.25) is 0 Å². The largest absolute Gasteiger partial charge is 0.587 e. The molecule has 0 aliphatic heterocycles. The van der Waals surface area contributed by atoms with Gasteiger partial charge in [0, 0.05) is 5.41 Å². The van der Waals surface area contributed by atoms with Gasteiger partial charge in [-0.3, -0.25) is 0 Å². The maximum atomic E-state index is 12.1. The number of hydrogen-bond donors (Lipinski definition) is 3. The predicted octanol–water partition coefficient (Wildman–Crippen LogP) is 2.93. The molecule has 4 aliphatic carbocycles. The van der Waals surface area contributed by atoms with Gasteiger partial charge in [0.1, 0.15) is 0 Å². The number of aliphatic hydroxyl groups is 3. The van der Waals surface area contributed by atoms with Crippen molar-refractivity contribution in [3.63, 3.8) is 0 Å². The molecule has 28 heavy (non-hydrogen) atoms. The number of rotatable bonds is 1. The molecule has 5 rings (SSSR count). The van der Waals surface area contributed by atoms with Gasteiger partial charge in [-0.05, 0) is 98.3 Å². The van der Waals surface area contributed by atoms with E-state index < -0.39 is 17.1 Å². The zero-order valence-corrected chi connectivity index (χ0v) is 16.9. The smallest absolute Gasteiger partial charge is 0.0762 e. The lowest BCUT2D eigenvalue weighted by Gasteiger charge is -2.64. The van der Waals surface area contributed by atoms with E-state index in [2.05, 4.69) is 6.92 Å². The molecule has 0 unspecified atom stereocenters. The number of aliphatic hydroxyl groups excluding tert-OH is 2. The molecule has 9 atom stereocenters. The molecule has 0 amide bonds. The van der Waals surface area contributed by atoms with Crippen LogP contribution < -0.4 is 5.11 Å². The van der Waals surface area contributed by atoms with Crippen LogP contribution in [0.5, 0.6) is 5.95 Å². The van der Waals surface area contributed by atoms with Crippen molar-refractivity contribution in [2.24, 2.45) is 28.6 Å². The van der Waals surface area contributed by atoms with Crippen molar-refractivity contribution in [2.75, 3.05) is 0 Å². The summed E-state index contributed by atoms with van der Waals surface area (Å²) in [6, 6.07) is 1.53. The summed E-state index contributed by atoms with van der Waals surface area (Å²) >= 11 is 0. The first kappa shape index (κ1) is 19.0. The molecule has 5 heteroatoms. The third kappa shape index (κ3) is 2.24. The second kappa shape index (κ2) is 5.99. The minimum atomic E-state index is -0.926. The highest BCUT2D eigenvalue weighted by atomic mass is 16.5. The standard InChI is InChI=1S/C23H34O5/c1-21-7-5-15(24)10-14(21)3-4-17-18(21)11-19(25)22(2)16(6-8-23(17,22)27)13-9-20(26)28-12-13/h9,12,14-19,24-27H,3-8,10-11H2,1-2H3/p-1/t14-,15+,16-,17-,18+,19-,21+,22+,23+/m1/s1. The van der Waals surface area contributed by atoms with Crippen molar-refractivity contribution in [1.82, 2.24) is 0 Å². The van der Waals surface area contributed by atoms with Crippen LogP contribution in [0.3, 0.4) is 0 Å². The van der Waals surface area contributed by atoms with Gasteiger partial charge in [0.15, 0.2) is 0 Å². The summed E-state index contributed by atoms with van der Waals surface area (Å²) in [5.41, 5.74) is -0.691. The highest BCUT2D eigenvalue weighted by Gasteiger charge is 2.70. The molecule has 4 saturated carbocycles. The monoisotopic (exact) mass is 389 g/mol. The summed E-state index contributed by atoms with van der Waals surface area (Å²) in [7, 11) is 0. The zero-order valence-electron chi connectivity index (χ0n) is 16.9. The van der Waals surface area contributed by atoms with Crippen LogP contribution in [0.15, 0.2) is 16.7 Å². The van der Waals surface area contributed by atoms with E-state index in [4.69, 9.17) is 4.42 Å². The summed E-state index contributed by atoms with van der Waals surface area (Å²) in [4.78, 5) is 0. The Hall–Kier alpha value is -1.04. The summed E-state index contributed by atoms with van der Waals surface area (Å²) in [6.07, 6.45) is 7.50. The number of fused-ring (bicyclic) bond motifs is 5. The molecule has 1 aromatic rings.